The summed E-state index contributed by atoms with van der Waals surface area (Å²) in [6, 6.07) is 9.54. The summed E-state index contributed by atoms with van der Waals surface area (Å²) in [5, 5.41) is 5.41. The predicted octanol–water partition coefficient (Wildman–Crippen LogP) is 3.81. The maximum Gasteiger partial charge on any atom is 0.289 e. The van der Waals surface area contributed by atoms with Crippen molar-refractivity contribution in [1.82, 2.24) is 9.78 Å². The lowest BCUT2D eigenvalue weighted by molar-refractivity contribution is 0.0944. The van der Waals surface area contributed by atoms with Gasteiger partial charge in [-0.05, 0) is 29.6 Å². The molecule has 0 spiro atoms. The number of nitrogens with zero attached hydrogens (tertiary/aromatic N) is 1. The smallest absolute Gasteiger partial charge is 0.289 e. The summed E-state index contributed by atoms with van der Waals surface area (Å²) in [4.78, 5) is 24.6. The van der Waals surface area contributed by atoms with E-state index in [9.17, 15) is 9.59 Å². The first-order valence-electron chi connectivity index (χ1n) is 6.51. The van der Waals surface area contributed by atoms with Crippen molar-refractivity contribution in [1.29, 1.82) is 0 Å². The molecule has 0 bridgehead atoms. The zero-order chi connectivity index (χ0) is 16.4. The van der Waals surface area contributed by atoms with Crippen molar-refractivity contribution < 1.29 is 9.53 Å². The molecular formula is C15H10Cl2N2O3S. The average Bonchev–Trinajstić information content (AvgIpc) is 3.13. The van der Waals surface area contributed by atoms with Crippen LogP contribution in [0, 0.1) is 0 Å². The van der Waals surface area contributed by atoms with Crippen molar-refractivity contribution in [2.75, 3.05) is 0 Å². The van der Waals surface area contributed by atoms with Crippen LogP contribution < -0.4 is 10.3 Å². The van der Waals surface area contributed by atoms with E-state index in [1.165, 1.54) is 17.4 Å². The Kier molecular flexibility index (Phi) is 4.56. The zero-order valence-corrected chi connectivity index (χ0v) is 13.9. The highest BCUT2D eigenvalue weighted by Gasteiger charge is 2.14. The second kappa shape index (κ2) is 6.62. The molecule has 0 saturated carbocycles. The van der Waals surface area contributed by atoms with Crippen LogP contribution in [0.5, 0.6) is 5.75 Å². The molecule has 2 aromatic heterocycles. The molecule has 0 aliphatic heterocycles. The van der Waals surface area contributed by atoms with Crippen LogP contribution in [0.2, 0.25) is 10.0 Å². The van der Waals surface area contributed by atoms with Crippen molar-refractivity contribution >= 4 is 40.4 Å². The second-order valence-electron chi connectivity index (χ2n) is 4.63. The van der Waals surface area contributed by atoms with Gasteiger partial charge in [0.2, 0.25) is 0 Å². The quantitative estimate of drug-likeness (QED) is 0.761. The van der Waals surface area contributed by atoms with Crippen LogP contribution in [0.25, 0.3) is 0 Å². The van der Waals surface area contributed by atoms with Gasteiger partial charge in [0.1, 0.15) is 12.4 Å². The molecule has 3 rings (SSSR count). The number of carbonyl (C=O) groups is 1. The van der Waals surface area contributed by atoms with Gasteiger partial charge in [0, 0.05) is 16.1 Å². The summed E-state index contributed by atoms with van der Waals surface area (Å²) < 4.78 is 6.49. The number of hydrogen-bond acceptors (Lipinski definition) is 4. The fourth-order valence-electron chi connectivity index (χ4n) is 1.95. The molecule has 0 saturated heterocycles. The molecule has 3 aromatic rings. The van der Waals surface area contributed by atoms with Gasteiger partial charge in [0.05, 0.1) is 10.6 Å². The minimum atomic E-state index is -0.439. The number of aromatic amines is 1. The number of nitrogens with one attached hydrogen (secondary N) is 1. The summed E-state index contributed by atoms with van der Waals surface area (Å²) >= 11 is 13.0. The van der Waals surface area contributed by atoms with Crippen LogP contribution in [0.15, 0.2) is 46.6 Å². The fraction of sp³-hybridized carbons (Fsp3) is 0.0667. The number of thiophene rings is 1. The van der Waals surface area contributed by atoms with Crippen LogP contribution in [0.1, 0.15) is 15.4 Å². The Morgan fingerprint density at radius 1 is 1.22 bits per heavy atom. The SMILES string of the molecule is O=C(c1cccs1)n1[nH]c(COc2cc(Cl)cc(Cl)c2)cc1=O. The fourth-order valence-corrected chi connectivity index (χ4v) is 3.11. The first kappa shape index (κ1) is 15.9. The van der Waals surface area contributed by atoms with Gasteiger partial charge in [-0.3, -0.25) is 14.7 Å². The minimum absolute atomic E-state index is 0.0800. The van der Waals surface area contributed by atoms with Crippen molar-refractivity contribution in [2.24, 2.45) is 0 Å². The second-order valence-corrected chi connectivity index (χ2v) is 6.45. The lowest BCUT2D eigenvalue weighted by atomic mass is 10.3. The van der Waals surface area contributed by atoms with Crippen molar-refractivity contribution in [3.8, 4) is 5.75 Å². The molecule has 23 heavy (non-hydrogen) atoms. The van der Waals surface area contributed by atoms with E-state index in [0.29, 0.717) is 26.4 Å². The van der Waals surface area contributed by atoms with E-state index >= 15 is 0 Å². The third kappa shape index (κ3) is 3.67. The van der Waals surface area contributed by atoms with Crippen molar-refractivity contribution in [3.63, 3.8) is 0 Å². The molecule has 0 aliphatic carbocycles. The van der Waals surface area contributed by atoms with Crippen LogP contribution in [-0.4, -0.2) is 15.7 Å². The highest BCUT2D eigenvalue weighted by molar-refractivity contribution is 7.12. The number of H-pyrrole nitrogens is 1. The van der Waals surface area contributed by atoms with Gasteiger partial charge >= 0.3 is 0 Å². The third-order valence-corrected chi connectivity index (χ3v) is 4.23. The van der Waals surface area contributed by atoms with Gasteiger partial charge < -0.3 is 4.74 Å². The average molecular weight is 369 g/mol. The predicted molar refractivity (Wildman–Crippen MR) is 89.9 cm³/mol. The minimum Gasteiger partial charge on any atom is -0.487 e. The van der Waals surface area contributed by atoms with E-state index in [1.54, 1.807) is 35.7 Å². The van der Waals surface area contributed by atoms with Crippen LogP contribution in [0.3, 0.4) is 0 Å². The molecule has 1 aromatic carbocycles. The Morgan fingerprint density at radius 2 is 1.96 bits per heavy atom. The Labute approximate surface area is 145 Å². The molecule has 0 unspecified atom stereocenters. The Morgan fingerprint density at radius 3 is 2.61 bits per heavy atom. The Balaban J connectivity index is 1.76. The van der Waals surface area contributed by atoms with E-state index < -0.39 is 11.5 Å². The Hall–Kier alpha value is -2.02. The van der Waals surface area contributed by atoms with Crippen LogP contribution in [-0.2, 0) is 6.61 Å². The highest BCUT2D eigenvalue weighted by atomic mass is 35.5. The number of rotatable bonds is 4. The molecule has 0 radical (unpaired) electrons. The van der Waals surface area contributed by atoms with E-state index in [-0.39, 0.29) is 6.61 Å². The molecule has 2 heterocycles. The normalized spacial score (nSPS) is 10.7. The highest BCUT2D eigenvalue weighted by Crippen LogP contribution is 2.24. The molecule has 1 N–H and O–H groups in total. The molecule has 0 fully saturated rings. The number of carbonyl (C=O) groups excluding carboxylic acids is 1. The molecule has 8 heteroatoms. The lowest BCUT2D eigenvalue weighted by Crippen LogP contribution is -2.24. The standard InChI is InChI=1S/C15H10Cl2N2O3S/c16-9-4-10(17)6-12(5-9)22-8-11-7-14(20)19(18-11)15(21)13-2-1-3-23-13/h1-7,18H,8H2. The molecule has 0 aliphatic rings. The molecule has 118 valence electrons. The van der Waals surface area contributed by atoms with Gasteiger partial charge in [0.25, 0.3) is 11.5 Å². The maximum atomic E-state index is 12.2. The number of aromatic nitrogens is 2. The third-order valence-electron chi connectivity index (χ3n) is 2.94. The maximum absolute atomic E-state index is 12.2. The van der Waals surface area contributed by atoms with Gasteiger partial charge in [-0.25, -0.2) is 0 Å². The summed E-state index contributed by atoms with van der Waals surface area (Å²) in [5.74, 6) is 0.0720. The molecular weight excluding hydrogens is 359 g/mol. The number of hydrogen-bond donors (Lipinski definition) is 1. The monoisotopic (exact) mass is 368 g/mol. The van der Waals surface area contributed by atoms with E-state index in [2.05, 4.69) is 5.10 Å². The molecule has 0 amide bonds. The Bertz CT molecular complexity index is 880. The summed E-state index contributed by atoms with van der Waals surface area (Å²) in [6.45, 7) is 0.0800. The summed E-state index contributed by atoms with van der Waals surface area (Å²) in [7, 11) is 0. The molecule has 0 atom stereocenters. The first-order valence-corrected chi connectivity index (χ1v) is 8.14. The van der Waals surface area contributed by atoms with Crippen molar-refractivity contribution in [2.45, 2.75) is 6.61 Å². The number of halogens is 2. The molecule has 5 nitrogen and oxygen atoms in total. The van der Waals surface area contributed by atoms with Crippen LogP contribution >= 0.6 is 34.5 Å². The largest absolute Gasteiger partial charge is 0.487 e. The van der Waals surface area contributed by atoms with Gasteiger partial charge in [-0.1, -0.05) is 29.3 Å². The number of ether oxygens (including phenoxy) is 1. The van der Waals surface area contributed by atoms with Crippen LogP contribution in [0.4, 0.5) is 0 Å². The van der Waals surface area contributed by atoms with Crippen molar-refractivity contribution in [3.05, 3.63) is 72.7 Å². The summed E-state index contributed by atoms with van der Waals surface area (Å²) in [6.07, 6.45) is 0. The summed E-state index contributed by atoms with van der Waals surface area (Å²) in [5.41, 5.74) is 0.0298. The van der Waals surface area contributed by atoms with E-state index in [0.717, 1.165) is 4.68 Å². The zero-order valence-electron chi connectivity index (χ0n) is 11.6. The first-order chi connectivity index (χ1) is 11.0. The van der Waals surface area contributed by atoms with Gasteiger partial charge in [-0.15, -0.1) is 11.3 Å². The van der Waals surface area contributed by atoms with E-state index in [4.69, 9.17) is 27.9 Å². The van der Waals surface area contributed by atoms with Gasteiger partial charge in [-0.2, -0.15) is 4.68 Å². The van der Waals surface area contributed by atoms with E-state index in [1.807, 2.05) is 0 Å². The topological polar surface area (TPSA) is 64.1 Å². The lowest BCUT2D eigenvalue weighted by Gasteiger charge is -2.05. The van der Waals surface area contributed by atoms with Gasteiger partial charge in [0.15, 0.2) is 0 Å². The number of benzene rings is 1.